The normalized spacial score (nSPS) is 10.9. The van der Waals surface area contributed by atoms with Gasteiger partial charge in [0.15, 0.2) is 9.84 Å². The fraction of sp³-hybridized carbons (Fsp3) is 0.176. The van der Waals surface area contributed by atoms with Gasteiger partial charge < -0.3 is 10.1 Å². The number of hydrogen-bond donors (Lipinski definition) is 1. The van der Waals surface area contributed by atoms with Crippen LogP contribution < -0.4 is 10.2 Å². The van der Waals surface area contributed by atoms with Crippen molar-refractivity contribution in [3.8, 4) is 0 Å². The van der Waals surface area contributed by atoms with Gasteiger partial charge in [-0.2, -0.15) is 0 Å². The van der Waals surface area contributed by atoms with Crippen molar-refractivity contribution < 1.29 is 22.7 Å². The molecule has 0 fully saturated rings. The number of sulfone groups is 1. The first-order valence-electron chi connectivity index (χ1n) is 7.36. The largest absolute Gasteiger partial charge is 0.452 e. The van der Waals surface area contributed by atoms with E-state index in [4.69, 9.17) is 11.6 Å². The molecule has 0 saturated carbocycles. The zero-order chi connectivity index (χ0) is 19.5. The number of methoxy groups -OCH3 is 1. The molecule has 7 nitrogen and oxygen atoms in total. The molecule has 1 N–H and O–H groups in total. The number of halogens is 1. The van der Waals surface area contributed by atoms with Crippen molar-refractivity contribution in [2.45, 2.75) is 4.90 Å². The number of amides is 2. The van der Waals surface area contributed by atoms with Crippen LogP contribution in [0, 0.1) is 0 Å². The molecule has 0 atom stereocenters. The first-order chi connectivity index (χ1) is 12.1. The maximum Gasteiger partial charge on any atom is 0.413 e. The third kappa shape index (κ3) is 4.53. The second-order valence-electron chi connectivity index (χ2n) is 5.45. The Hall–Kier alpha value is -2.58. The first-order valence-corrected chi connectivity index (χ1v) is 9.63. The number of rotatable bonds is 4. The summed E-state index contributed by atoms with van der Waals surface area (Å²) < 4.78 is 28.0. The van der Waals surface area contributed by atoms with Crippen LogP contribution in [0.25, 0.3) is 0 Å². The fourth-order valence-corrected chi connectivity index (χ4v) is 3.44. The highest BCUT2D eigenvalue weighted by molar-refractivity contribution is 7.90. The number of hydrogen-bond acceptors (Lipinski definition) is 5. The van der Waals surface area contributed by atoms with E-state index in [1.807, 2.05) is 0 Å². The maximum absolute atomic E-state index is 12.3. The van der Waals surface area contributed by atoms with Crippen molar-refractivity contribution in [1.82, 2.24) is 0 Å². The van der Waals surface area contributed by atoms with Crippen LogP contribution in [0.1, 0.15) is 10.4 Å². The molecule has 0 aliphatic rings. The molecule has 0 aliphatic carbocycles. The van der Waals surface area contributed by atoms with Gasteiger partial charge in [-0.3, -0.25) is 9.69 Å². The Kier molecular flexibility index (Phi) is 5.89. The molecule has 26 heavy (non-hydrogen) atoms. The summed E-state index contributed by atoms with van der Waals surface area (Å²) >= 11 is 5.88. The van der Waals surface area contributed by atoms with E-state index in [0.29, 0.717) is 11.4 Å². The van der Waals surface area contributed by atoms with E-state index in [9.17, 15) is 18.0 Å². The lowest BCUT2D eigenvalue weighted by Gasteiger charge is -2.16. The van der Waals surface area contributed by atoms with E-state index >= 15 is 0 Å². The van der Waals surface area contributed by atoms with Crippen LogP contribution in [0.3, 0.4) is 0 Å². The fourth-order valence-electron chi connectivity index (χ4n) is 2.14. The summed E-state index contributed by atoms with van der Waals surface area (Å²) in [7, 11) is -0.712. The van der Waals surface area contributed by atoms with Crippen LogP contribution in [-0.2, 0) is 14.6 Å². The zero-order valence-electron chi connectivity index (χ0n) is 14.3. The molecule has 0 bridgehead atoms. The van der Waals surface area contributed by atoms with E-state index in [1.165, 1.54) is 30.2 Å². The van der Waals surface area contributed by atoms with E-state index in [-0.39, 0.29) is 15.5 Å². The number of anilines is 2. The lowest BCUT2D eigenvalue weighted by molar-refractivity contribution is 0.102. The highest BCUT2D eigenvalue weighted by atomic mass is 35.5. The molecule has 2 amide bonds. The van der Waals surface area contributed by atoms with Crippen LogP contribution in [0.15, 0.2) is 47.4 Å². The van der Waals surface area contributed by atoms with E-state index < -0.39 is 21.8 Å². The van der Waals surface area contributed by atoms with E-state index in [0.717, 1.165) is 6.26 Å². The average Bonchev–Trinajstić information content (AvgIpc) is 2.60. The molecule has 0 aliphatic heterocycles. The summed E-state index contributed by atoms with van der Waals surface area (Å²) in [6.07, 6.45) is 0.503. The minimum atomic E-state index is -3.55. The summed E-state index contributed by atoms with van der Waals surface area (Å²) in [6, 6.07) is 10.5. The molecule has 9 heteroatoms. The van der Waals surface area contributed by atoms with Crippen LogP contribution in [0.2, 0.25) is 5.02 Å². The Labute approximate surface area is 156 Å². The first kappa shape index (κ1) is 19.7. The van der Waals surface area contributed by atoms with Gasteiger partial charge in [-0.1, -0.05) is 11.6 Å². The summed E-state index contributed by atoms with van der Waals surface area (Å²) in [5.74, 6) is -0.486. The summed E-state index contributed by atoms with van der Waals surface area (Å²) in [5, 5.41) is 2.71. The molecule has 0 heterocycles. The van der Waals surface area contributed by atoms with Crippen LogP contribution >= 0.6 is 11.6 Å². The number of benzene rings is 2. The lowest BCUT2D eigenvalue weighted by Crippen LogP contribution is -2.25. The molecule has 2 aromatic carbocycles. The molecule has 2 aromatic rings. The standard InChI is InChI=1S/C17H17ClN2O5S/c1-20(17(22)25-2)13-7-5-12(6-8-13)19-16(21)11-4-9-14(18)15(10-11)26(3,23)24/h4-10H,1-3H3,(H,19,21). The van der Waals surface area contributed by atoms with Gasteiger partial charge in [0.25, 0.3) is 5.91 Å². The minimum Gasteiger partial charge on any atom is -0.452 e. The quantitative estimate of drug-likeness (QED) is 0.856. The minimum absolute atomic E-state index is 0.0549. The molecule has 2 rings (SSSR count). The Balaban J connectivity index is 2.19. The van der Waals surface area contributed by atoms with E-state index in [2.05, 4.69) is 10.1 Å². The van der Waals surface area contributed by atoms with Crippen molar-refractivity contribution in [2.75, 3.05) is 30.6 Å². The number of carbonyl (C=O) groups excluding carboxylic acids is 2. The molecule has 0 spiro atoms. The van der Waals surface area contributed by atoms with Gasteiger partial charge in [0.2, 0.25) is 0 Å². The van der Waals surface area contributed by atoms with Gasteiger partial charge >= 0.3 is 6.09 Å². The molecule has 138 valence electrons. The predicted molar refractivity (Wildman–Crippen MR) is 99.8 cm³/mol. The predicted octanol–water partition coefficient (Wildman–Crippen LogP) is 3.20. The third-order valence-electron chi connectivity index (χ3n) is 3.55. The molecule has 0 aromatic heterocycles. The van der Waals surface area contributed by atoms with Crippen molar-refractivity contribution in [3.05, 3.63) is 53.1 Å². The van der Waals surface area contributed by atoms with Gasteiger partial charge in [-0.15, -0.1) is 0 Å². The Bertz CT molecular complexity index is 942. The molecule has 0 radical (unpaired) electrons. The second-order valence-corrected chi connectivity index (χ2v) is 7.84. The number of nitrogens with one attached hydrogen (secondary N) is 1. The summed E-state index contributed by atoms with van der Waals surface area (Å²) in [5.41, 5.74) is 1.22. The van der Waals surface area contributed by atoms with Gasteiger partial charge in [0.05, 0.1) is 17.0 Å². The zero-order valence-corrected chi connectivity index (χ0v) is 15.9. The van der Waals surface area contributed by atoms with Gasteiger partial charge in [-0.25, -0.2) is 13.2 Å². The van der Waals surface area contributed by atoms with Crippen LogP contribution in [0.5, 0.6) is 0 Å². The van der Waals surface area contributed by atoms with Gasteiger partial charge in [-0.05, 0) is 42.5 Å². The van der Waals surface area contributed by atoms with Crippen molar-refractivity contribution in [2.24, 2.45) is 0 Å². The Morgan fingerprint density at radius 1 is 1.12 bits per heavy atom. The molecular weight excluding hydrogens is 380 g/mol. The Morgan fingerprint density at radius 2 is 1.73 bits per heavy atom. The smallest absolute Gasteiger partial charge is 0.413 e. The SMILES string of the molecule is COC(=O)N(C)c1ccc(NC(=O)c2ccc(Cl)c(S(C)(=O)=O)c2)cc1. The monoisotopic (exact) mass is 396 g/mol. The number of ether oxygens (including phenoxy) is 1. The van der Waals surface area contributed by atoms with Crippen molar-refractivity contribution in [1.29, 1.82) is 0 Å². The summed E-state index contributed by atoms with van der Waals surface area (Å²) in [4.78, 5) is 25.0. The third-order valence-corrected chi connectivity index (χ3v) is 5.13. The van der Waals surface area contributed by atoms with Gasteiger partial charge in [0, 0.05) is 30.2 Å². The number of nitrogens with zero attached hydrogens (tertiary/aromatic N) is 1. The Morgan fingerprint density at radius 3 is 2.27 bits per heavy atom. The highest BCUT2D eigenvalue weighted by Gasteiger charge is 2.16. The lowest BCUT2D eigenvalue weighted by atomic mass is 10.2. The summed E-state index contributed by atoms with van der Waals surface area (Å²) in [6.45, 7) is 0. The van der Waals surface area contributed by atoms with Crippen molar-refractivity contribution >= 4 is 44.8 Å². The van der Waals surface area contributed by atoms with Crippen LogP contribution in [0.4, 0.5) is 16.2 Å². The molecular formula is C17H17ClN2O5S. The van der Waals surface area contributed by atoms with Crippen molar-refractivity contribution in [3.63, 3.8) is 0 Å². The number of carbonyl (C=O) groups is 2. The second kappa shape index (κ2) is 7.76. The molecule has 0 saturated heterocycles. The molecule has 0 unspecified atom stereocenters. The average molecular weight is 397 g/mol. The van der Waals surface area contributed by atoms with Gasteiger partial charge in [0.1, 0.15) is 0 Å². The van der Waals surface area contributed by atoms with E-state index in [1.54, 1.807) is 31.3 Å². The van der Waals surface area contributed by atoms with Crippen LogP contribution in [-0.4, -0.2) is 40.8 Å². The topological polar surface area (TPSA) is 92.8 Å². The highest BCUT2D eigenvalue weighted by Crippen LogP contribution is 2.23. The maximum atomic E-state index is 12.3.